The molecule has 0 saturated carbocycles. The predicted molar refractivity (Wildman–Crippen MR) is 261 cm³/mol. The van der Waals surface area contributed by atoms with Gasteiger partial charge in [0.05, 0.1) is 0 Å². The topological polar surface area (TPSA) is 78.9 Å². The lowest BCUT2D eigenvalue weighted by Gasteiger charge is -2.18. The average Bonchev–Trinajstić information content (AvgIpc) is 3.26. The van der Waals surface area contributed by atoms with Crippen LogP contribution in [0.25, 0.3) is 0 Å². The third-order valence-electron chi connectivity index (χ3n) is 12.6. The van der Waals surface area contributed by atoms with Gasteiger partial charge in [-0.3, -0.25) is 14.4 Å². The van der Waals surface area contributed by atoms with Crippen LogP contribution in [0.2, 0.25) is 0 Å². The molecule has 6 nitrogen and oxygen atoms in total. The zero-order valence-electron chi connectivity index (χ0n) is 41.5. The summed E-state index contributed by atoms with van der Waals surface area (Å²) >= 11 is 0. The van der Waals surface area contributed by atoms with Gasteiger partial charge in [0, 0.05) is 19.3 Å². The smallest absolute Gasteiger partial charge is 0.306 e. The standard InChI is InChI=1S/C55H106O6/c1-4-7-10-13-16-19-22-24-25-26-27-28-29-31-34-37-40-43-46-49-55(58)61-52(50-59-53(56)47-44-41-38-35-32-21-18-15-12-9-6-3)51-60-54(57)48-45-42-39-36-33-30-23-20-17-14-11-8-5-2/h52H,4-51H2,1-3H3/t52-/m1/s1. The van der Waals surface area contributed by atoms with Crippen molar-refractivity contribution in [2.24, 2.45) is 0 Å². The van der Waals surface area contributed by atoms with Gasteiger partial charge in [0.1, 0.15) is 13.2 Å². The number of carbonyl (C=O) groups is 3. The van der Waals surface area contributed by atoms with Gasteiger partial charge in [-0.2, -0.15) is 0 Å². The lowest BCUT2D eigenvalue weighted by Crippen LogP contribution is -2.30. The van der Waals surface area contributed by atoms with E-state index in [9.17, 15) is 14.4 Å². The molecule has 0 spiro atoms. The molecule has 0 amide bonds. The second-order valence-electron chi connectivity index (χ2n) is 18.9. The van der Waals surface area contributed by atoms with Crippen LogP contribution in [0.5, 0.6) is 0 Å². The van der Waals surface area contributed by atoms with Gasteiger partial charge in [-0.15, -0.1) is 0 Å². The van der Waals surface area contributed by atoms with Crippen molar-refractivity contribution in [3.05, 3.63) is 0 Å². The number of rotatable bonds is 51. The highest BCUT2D eigenvalue weighted by Gasteiger charge is 2.19. The zero-order chi connectivity index (χ0) is 44.4. The Labute approximate surface area is 380 Å². The molecule has 0 heterocycles. The number of esters is 3. The van der Waals surface area contributed by atoms with Crippen LogP contribution in [0.3, 0.4) is 0 Å². The van der Waals surface area contributed by atoms with Crippen LogP contribution in [0.4, 0.5) is 0 Å². The van der Waals surface area contributed by atoms with E-state index in [4.69, 9.17) is 14.2 Å². The molecule has 0 fully saturated rings. The van der Waals surface area contributed by atoms with Crippen molar-refractivity contribution in [1.82, 2.24) is 0 Å². The molecule has 1 atom stereocenters. The average molecular weight is 863 g/mol. The Hall–Kier alpha value is -1.59. The van der Waals surface area contributed by atoms with Crippen molar-refractivity contribution in [2.45, 2.75) is 322 Å². The second kappa shape index (κ2) is 51.0. The zero-order valence-corrected chi connectivity index (χ0v) is 41.5. The molecule has 0 aromatic carbocycles. The monoisotopic (exact) mass is 863 g/mol. The van der Waals surface area contributed by atoms with E-state index in [1.165, 1.54) is 218 Å². The first-order valence-electron chi connectivity index (χ1n) is 27.5. The molecule has 0 radical (unpaired) electrons. The SMILES string of the molecule is CCCCCCCCCCCCCCCCCCCCCC(=O)O[C@H](COC(=O)CCCCCCCCCCCCC)COC(=O)CCCCCCCCCCCCCCC. The number of ether oxygens (including phenoxy) is 3. The van der Waals surface area contributed by atoms with Gasteiger partial charge in [0.2, 0.25) is 0 Å². The minimum atomic E-state index is -0.760. The van der Waals surface area contributed by atoms with E-state index in [0.717, 1.165) is 57.8 Å². The van der Waals surface area contributed by atoms with Crippen molar-refractivity contribution >= 4 is 17.9 Å². The molecule has 0 aliphatic carbocycles. The first kappa shape index (κ1) is 59.4. The molecule has 0 aromatic heterocycles. The summed E-state index contributed by atoms with van der Waals surface area (Å²) in [5.74, 6) is -0.838. The molecule has 0 aromatic rings. The number of carbonyl (C=O) groups excluding carboxylic acids is 3. The third kappa shape index (κ3) is 49.3. The number of hydrogen-bond acceptors (Lipinski definition) is 6. The van der Waals surface area contributed by atoms with E-state index in [2.05, 4.69) is 20.8 Å². The van der Waals surface area contributed by atoms with Gasteiger partial charge < -0.3 is 14.2 Å². The van der Waals surface area contributed by atoms with Crippen LogP contribution >= 0.6 is 0 Å². The van der Waals surface area contributed by atoms with E-state index in [-0.39, 0.29) is 31.1 Å². The third-order valence-corrected chi connectivity index (χ3v) is 12.6. The normalized spacial score (nSPS) is 11.9. The van der Waals surface area contributed by atoms with Gasteiger partial charge >= 0.3 is 17.9 Å². The molecule has 0 saturated heterocycles. The molecular weight excluding hydrogens is 757 g/mol. The van der Waals surface area contributed by atoms with Crippen LogP contribution in [-0.4, -0.2) is 37.2 Å². The maximum Gasteiger partial charge on any atom is 0.306 e. The van der Waals surface area contributed by atoms with E-state index >= 15 is 0 Å². The maximum absolute atomic E-state index is 12.8. The van der Waals surface area contributed by atoms with E-state index in [1.807, 2.05) is 0 Å². The molecule has 61 heavy (non-hydrogen) atoms. The summed E-state index contributed by atoms with van der Waals surface area (Å²) in [6.07, 6.45) is 55.2. The minimum absolute atomic E-state index is 0.0616. The fourth-order valence-corrected chi connectivity index (χ4v) is 8.45. The molecule has 6 heteroatoms. The Kier molecular flexibility index (Phi) is 49.7. The first-order valence-corrected chi connectivity index (χ1v) is 27.5. The molecule has 0 bridgehead atoms. The summed E-state index contributed by atoms with van der Waals surface area (Å²) in [5, 5.41) is 0. The Morgan fingerprint density at radius 3 is 0.656 bits per heavy atom. The highest BCUT2D eigenvalue weighted by atomic mass is 16.6. The molecule has 0 rings (SSSR count). The maximum atomic E-state index is 12.8. The van der Waals surface area contributed by atoms with Crippen molar-refractivity contribution in [2.75, 3.05) is 13.2 Å². The second-order valence-corrected chi connectivity index (χ2v) is 18.9. The highest BCUT2D eigenvalue weighted by Crippen LogP contribution is 2.17. The Morgan fingerprint density at radius 2 is 0.443 bits per heavy atom. The number of hydrogen-bond donors (Lipinski definition) is 0. The molecular formula is C55H106O6. The fourth-order valence-electron chi connectivity index (χ4n) is 8.45. The van der Waals surface area contributed by atoms with Crippen LogP contribution < -0.4 is 0 Å². The summed E-state index contributed by atoms with van der Waals surface area (Å²) in [5.41, 5.74) is 0. The fraction of sp³-hybridized carbons (Fsp3) is 0.945. The Morgan fingerprint density at radius 1 is 0.262 bits per heavy atom. The van der Waals surface area contributed by atoms with Crippen molar-refractivity contribution in [3.63, 3.8) is 0 Å². The van der Waals surface area contributed by atoms with Crippen molar-refractivity contribution in [1.29, 1.82) is 0 Å². The highest BCUT2D eigenvalue weighted by molar-refractivity contribution is 5.71. The summed E-state index contributed by atoms with van der Waals surface area (Å²) in [6, 6.07) is 0. The predicted octanol–water partition coefficient (Wildman–Crippen LogP) is 18.0. The molecule has 0 aliphatic heterocycles. The molecule has 0 aliphatic rings. The Bertz CT molecular complexity index is 905. The minimum Gasteiger partial charge on any atom is -0.462 e. The molecule has 0 N–H and O–H groups in total. The number of unbranched alkanes of at least 4 members (excludes halogenated alkanes) is 40. The largest absolute Gasteiger partial charge is 0.462 e. The van der Waals surface area contributed by atoms with Crippen LogP contribution in [0, 0.1) is 0 Å². The lowest BCUT2D eigenvalue weighted by atomic mass is 10.0. The Balaban J connectivity index is 4.25. The van der Waals surface area contributed by atoms with E-state index in [1.54, 1.807) is 0 Å². The van der Waals surface area contributed by atoms with Crippen LogP contribution in [0.15, 0.2) is 0 Å². The molecule has 362 valence electrons. The van der Waals surface area contributed by atoms with Crippen LogP contribution in [-0.2, 0) is 28.6 Å². The summed E-state index contributed by atoms with van der Waals surface area (Å²) < 4.78 is 16.8. The van der Waals surface area contributed by atoms with Gasteiger partial charge in [-0.1, -0.05) is 278 Å². The van der Waals surface area contributed by atoms with E-state index < -0.39 is 6.10 Å². The first-order chi connectivity index (χ1) is 30.0. The lowest BCUT2D eigenvalue weighted by molar-refractivity contribution is -0.167. The van der Waals surface area contributed by atoms with Gasteiger partial charge in [-0.25, -0.2) is 0 Å². The summed E-state index contributed by atoms with van der Waals surface area (Å²) in [4.78, 5) is 38.0. The van der Waals surface area contributed by atoms with Crippen molar-refractivity contribution < 1.29 is 28.6 Å². The van der Waals surface area contributed by atoms with Gasteiger partial charge in [0.15, 0.2) is 6.10 Å². The van der Waals surface area contributed by atoms with Crippen molar-refractivity contribution in [3.8, 4) is 0 Å². The van der Waals surface area contributed by atoms with Gasteiger partial charge in [-0.05, 0) is 19.3 Å². The summed E-state index contributed by atoms with van der Waals surface area (Å²) in [7, 11) is 0. The quantitative estimate of drug-likeness (QED) is 0.0344. The summed E-state index contributed by atoms with van der Waals surface area (Å²) in [6.45, 7) is 6.69. The van der Waals surface area contributed by atoms with Gasteiger partial charge in [0.25, 0.3) is 0 Å². The van der Waals surface area contributed by atoms with Crippen LogP contribution in [0.1, 0.15) is 316 Å². The molecule has 0 unspecified atom stereocenters. The van der Waals surface area contributed by atoms with E-state index in [0.29, 0.717) is 19.3 Å².